The van der Waals surface area contributed by atoms with Gasteiger partial charge in [-0.25, -0.2) is 13.1 Å². The Morgan fingerprint density at radius 2 is 2.15 bits per heavy atom. The second kappa shape index (κ2) is 7.41. The SMILES string of the molecule is CCc1cccc(S(=O)(=O)NC2CCCNC2C)c1.Cl. The highest BCUT2D eigenvalue weighted by atomic mass is 35.5. The molecule has 2 unspecified atom stereocenters. The first-order valence-corrected chi connectivity index (χ1v) is 8.36. The molecule has 2 atom stereocenters. The predicted octanol–water partition coefficient (Wildman–Crippen LogP) is 2.09. The Bertz CT molecular complexity index is 534. The summed E-state index contributed by atoms with van der Waals surface area (Å²) in [6.45, 7) is 5.01. The van der Waals surface area contributed by atoms with Gasteiger partial charge in [0.05, 0.1) is 4.90 Å². The Morgan fingerprint density at radius 3 is 2.80 bits per heavy atom. The Balaban J connectivity index is 0.00000200. The van der Waals surface area contributed by atoms with Crippen LogP contribution in [0.15, 0.2) is 29.2 Å². The molecule has 1 aliphatic heterocycles. The van der Waals surface area contributed by atoms with E-state index in [-0.39, 0.29) is 24.5 Å². The predicted molar refractivity (Wildman–Crippen MR) is 83.9 cm³/mol. The van der Waals surface area contributed by atoms with E-state index >= 15 is 0 Å². The van der Waals surface area contributed by atoms with E-state index in [2.05, 4.69) is 10.0 Å². The standard InChI is InChI=1S/C14H22N2O2S.ClH/c1-3-12-6-4-7-13(10-12)19(17,18)16-14-8-5-9-15-11(14)2;/h4,6-7,10-11,14-16H,3,5,8-9H2,1-2H3;1H. The molecule has 1 aromatic carbocycles. The summed E-state index contributed by atoms with van der Waals surface area (Å²) in [5.74, 6) is 0. The maximum atomic E-state index is 12.4. The van der Waals surface area contributed by atoms with Gasteiger partial charge in [-0.3, -0.25) is 0 Å². The molecule has 1 fully saturated rings. The third-order valence-corrected chi connectivity index (χ3v) is 5.17. The molecule has 114 valence electrons. The number of hydrogen-bond donors (Lipinski definition) is 2. The van der Waals surface area contributed by atoms with E-state index in [4.69, 9.17) is 0 Å². The van der Waals surface area contributed by atoms with Crippen LogP contribution >= 0.6 is 12.4 Å². The molecule has 0 bridgehead atoms. The number of piperidine rings is 1. The van der Waals surface area contributed by atoms with Crippen LogP contribution in [0.2, 0.25) is 0 Å². The fourth-order valence-electron chi connectivity index (χ4n) is 2.40. The van der Waals surface area contributed by atoms with Crippen molar-refractivity contribution < 1.29 is 8.42 Å². The van der Waals surface area contributed by atoms with E-state index in [1.54, 1.807) is 18.2 Å². The molecular weight excluding hydrogens is 296 g/mol. The molecule has 4 nitrogen and oxygen atoms in total. The second-order valence-electron chi connectivity index (χ2n) is 5.11. The van der Waals surface area contributed by atoms with E-state index < -0.39 is 10.0 Å². The highest BCUT2D eigenvalue weighted by Crippen LogP contribution is 2.15. The molecule has 2 rings (SSSR count). The summed E-state index contributed by atoms with van der Waals surface area (Å²) in [5.41, 5.74) is 1.04. The molecule has 1 saturated heterocycles. The van der Waals surface area contributed by atoms with Crippen LogP contribution in [0.1, 0.15) is 32.3 Å². The van der Waals surface area contributed by atoms with Crippen molar-refractivity contribution in [2.24, 2.45) is 0 Å². The van der Waals surface area contributed by atoms with Gasteiger partial charge in [-0.05, 0) is 50.4 Å². The molecule has 0 aromatic heterocycles. The molecule has 20 heavy (non-hydrogen) atoms. The van der Waals surface area contributed by atoms with E-state index in [1.165, 1.54) is 0 Å². The molecule has 0 radical (unpaired) electrons. The number of rotatable bonds is 4. The average molecular weight is 319 g/mol. The van der Waals surface area contributed by atoms with Crippen LogP contribution < -0.4 is 10.0 Å². The molecule has 0 amide bonds. The Morgan fingerprint density at radius 1 is 1.40 bits per heavy atom. The lowest BCUT2D eigenvalue weighted by Crippen LogP contribution is -2.51. The first kappa shape index (κ1) is 17.4. The number of nitrogens with one attached hydrogen (secondary N) is 2. The molecule has 0 spiro atoms. The van der Waals surface area contributed by atoms with Crippen LogP contribution in [-0.2, 0) is 16.4 Å². The molecule has 2 N–H and O–H groups in total. The molecule has 1 heterocycles. The van der Waals surface area contributed by atoms with Crippen molar-refractivity contribution in [1.29, 1.82) is 0 Å². The zero-order valence-corrected chi connectivity index (χ0v) is 13.6. The highest BCUT2D eigenvalue weighted by Gasteiger charge is 2.26. The van der Waals surface area contributed by atoms with Gasteiger partial charge < -0.3 is 5.32 Å². The van der Waals surface area contributed by atoms with Crippen molar-refractivity contribution in [3.05, 3.63) is 29.8 Å². The third kappa shape index (κ3) is 4.19. The van der Waals surface area contributed by atoms with Crippen molar-refractivity contribution >= 4 is 22.4 Å². The van der Waals surface area contributed by atoms with Crippen LogP contribution in [-0.4, -0.2) is 27.0 Å². The normalized spacial score (nSPS) is 23.1. The molecule has 1 aliphatic rings. The monoisotopic (exact) mass is 318 g/mol. The summed E-state index contributed by atoms with van der Waals surface area (Å²) >= 11 is 0. The fraction of sp³-hybridized carbons (Fsp3) is 0.571. The topological polar surface area (TPSA) is 58.2 Å². The minimum Gasteiger partial charge on any atom is -0.313 e. The molecule has 1 aromatic rings. The Labute approximate surface area is 127 Å². The Kier molecular flexibility index (Phi) is 6.45. The van der Waals surface area contributed by atoms with Crippen LogP contribution in [0.4, 0.5) is 0 Å². The Hall–Kier alpha value is -0.620. The summed E-state index contributed by atoms with van der Waals surface area (Å²) in [7, 11) is -3.42. The quantitative estimate of drug-likeness (QED) is 0.893. The van der Waals surface area contributed by atoms with Gasteiger partial charge in [0.2, 0.25) is 10.0 Å². The minimum absolute atomic E-state index is 0. The van der Waals surface area contributed by atoms with E-state index in [0.29, 0.717) is 4.90 Å². The van der Waals surface area contributed by atoms with Gasteiger partial charge in [0, 0.05) is 12.1 Å². The van der Waals surface area contributed by atoms with Gasteiger partial charge in [-0.15, -0.1) is 12.4 Å². The van der Waals surface area contributed by atoms with Crippen LogP contribution in [0.5, 0.6) is 0 Å². The van der Waals surface area contributed by atoms with Gasteiger partial charge >= 0.3 is 0 Å². The molecule has 0 saturated carbocycles. The number of benzene rings is 1. The molecular formula is C14H23ClN2O2S. The summed E-state index contributed by atoms with van der Waals surface area (Å²) < 4.78 is 27.6. The van der Waals surface area contributed by atoms with E-state index in [9.17, 15) is 8.42 Å². The van der Waals surface area contributed by atoms with Gasteiger partial charge in [0.25, 0.3) is 0 Å². The summed E-state index contributed by atoms with van der Waals surface area (Å²) in [4.78, 5) is 0.365. The fourth-order valence-corrected chi connectivity index (χ4v) is 3.83. The third-order valence-electron chi connectivity index (χ3n) is 3.69. The summed E-state index contributed by atoms with van der Waals surface area (Å²) in [6.07, 6.45) is 2.73. The highest BCUT2D eigenvalue weighted by molar-refractivity contribution is 7.89. The largest absolute Gasteiger partial charge is 0.313 e. The number of hydrogen-bond acceptors (Lipinski definition) is 3. The lowest BCUT2D eigenvalue weighted by molar-refractivity contribution is 0.349. The van der Waals surface area contributed by atoms with Crippen LogP contribution in [0.3, 0.4) is 0 Å². The zero-order valence-electron chi connectivity index (χ0n) is 11.9. The van der Waals surface area contributed by atoms with Gasteiger partial charge in [0.15, 0.2) is 0 Å². The summed E-state index contributed by atoms with van der Waals surface area (Å²) in [6, 6.07) is 7.31. The van der Waals surface area contributed by atoms with E-state index in [1.807, 2.05) is 19.9 Å². The number of sulfonamides is 1. The van der Waals surface area contributed by atoms with Crippen LogP contribution in [0.25, 0.3) is 0 Å². The number of halogens is 1. The van der Waals surface area contributed by atoms with Crippen molar-refractivity contribution in [3.63, 3.8) is 0 Å². The lowest BCUT2D eigenvalue weighted by atomic mass is 10.0. The second-order valence-corrected chi connectivity index (χ2v) is 6.83. The van der Waals surface area contributed by atoms with Crippen molar-refractivity contribution in [2.75, 3.05) is 6.54 Å². The van der Waals surface area contributed by atoms with Crippen molar-refractivity contribution in [2.45, 2.75) is 50.1 Å². The smallest absolute Gasteiger partial charge is 0.240 e. The molecule has 0 aliphatic carbocycles. The minimum atomic E-state index is -3.42. The van der Waals surface area contributed by atoms with Gasteiger partial charge in [0.1, 0.15) is 0 Å². The zero-order chi connectivity index (χ0) is 13.9. The first-order chi connectivity index (χ1) is 9.03. The maximum absolute atomic E-state index is 12.4. The molecule has 6 heteroatoms. The van der Waals surface area contributed by atoms with Crippen molar-refractivity contribution in [1.82, 2.24) is 10.0 Å². The average Bonchev–Trinajstić information content (AvgIpc) is 2.41. The van der Waals surface area contributed by atoms with Gasteiger partial charge in [-0.2, -0.15) is 0 Å². The summed E-state index contributed by atoms with van der Waals surface area (Å²) in [5, 5.41) is 3.30. The van der Waals surface area contributed by atoms with Crippen LogP contribution in [0, 0.1) is 0 Å². The van der Waals surface area contributed by atoms with Crippen molar-refractivity contribution in [3.8, 4) is 0 Å². The maximum Gasteiger partial charge on any atom is 0.240 e. The van der Waals surface area contributed by atoms with Gasteiger partial charge in [-0.1, -0.05) is 19.1 Å². The van der Waals surface area contributed by atoms with E-state index in [0.717, 1.165) is 31.4 Å². The first-order valence-electron chi connectivity index (χ1n) is 6.87. The lowest BCUT2D eigenvalue weighted by Gasteiger charge is -2.30. The number of aryl methyl sites for hydroxylation is 1.